The Morgan fingerprint density at radius 2 is 1.73 bits per heavy atom. The maximum atomic E-state index is 6.63. The molecule has 30 heavy (non-hydrogen) atoms. The summed E-state index contributed by atoms with van der Waals surface area (Å²) in [5.74, 6) is 1.17. The zero-order chi connectivity index (χ0) is 21.1. The van der Waals surface area contributed by atoms with E-state index < -0.39 is 0 Å². The second-order valence-electron chi connectivity index (χ2n) is 7.37. The van der Waals surface area contributed by atoms with Crippen molar-refractivity contribution in [1.29, 1.82) is 0 Å². The van der Waals surface area contributed by atoms with Crippen molar-refractivity contribution in [2.75, 3.05) is 13.2 Å². The number of hydrogen-bond acceptors (Lipinski definition) is 5. The van der Waals surface area contributed by atoms with Crippen molar-refractivity contribution in [3.63, 3.8) is 0 Å². The highest BCUT2D eigenvalue weighted by Crippen LogP contribution is 2.51. The van der Waals surface area contributed by atoms with E-state index >= 15 is 0 Å². The SMILES string of the molecule is CCOC1=C2CN(SI)[C@H](c3ccccc3Cl)CC2N(SI)[C@H](c2ccccc2)C1. The smallest absolute Gasteiger partial charge is 0.1000 e. The Bertz CT molecular complexity index is 902. The summed E-state index contributed by atoms with van der Waals surface area (Å²) < 4.78 is 11.3. The van der Waals surface area contributed by atoms with Crippen molar-refractivity contribution in [3.8, 4) is 0 Å². The van der Waals surface area contributed by atoms with Gasteiger partial charge in [0.2, 0.25) is 0 Å². The normalized spacial score (nSPS) is 25.3. The van der Waals surface area contributed by atoms with Crippen LogP contribution in [0.2, 0.25) is 5.02 Å². The van der Waals surface area contributed by atoms with Crippen LogP contribution in [0, 0.1) is 0 Å². The highest BCUT2D eigenvalue weighted by atomic mass is 127. The number of piperidine rings is 1. The molecule has 0 radical (unpaired) electrons. The minimum atomic E-state index is 0.262. The minimum Gasteiger partial charge on any atom is -0.498 e. The van der Waals surface area contributed by atoms with Crippen LogP contribution in [0.1, 0.15) is 43.0 Å². The summed E-state index contributed by atoms with van der Waals surface area (Å²) in [6, 6.07) is 20.0. The summed E-state index contributed by atoms with van der Waals surface area (Å²) in [6.45, 7) is 3.67. The standard InChI is InChI=1S/C22H23ClI2N2OS2/c1-2-28-22-13-19(15-8-4-3-5-9-15)27(30-25)21-12-20(26(29-24)14-17(21)22)16-10-6-7-11-18(16)23/h3-11,19-21H,2,12-14H2,1H3/t19-,20-,21?/m0/s1. The van der Waals surface area contributed by atoms with Gasteiger partial charge in [0.05, 0.1) is 18.4 Å². The van der Waals surface area contributed by atoms with Gasteiger partial charge in [-0.05, 0) is 48.8 Å². The fraction of sp³-hybridized carbons (Fsp3) is 0.364. The fourth-order valence-corrected chi connectivity index (χ4v) is 8.70. The first-order valence-electron chi connectivity index (χ1n) is 9.94. The van der Waals surface area contributed by atoms with Crippen molar-refractivity contribution in [2.24, 2.45) is 0 Å². The lowest BCUT2D eigenvalue weighted by molar-refractivity contribution is 0.129. The van der Waals surface area contributed by atoms with Crippen LogP contribution in [0.3, 0.4) is 0 Å². The van der Waals surface area contributed by atoms with Crippen LogP contribution in [0.5, 0.6) is 0 Å². The molecule has 8 heteroatoms. The van der Waals surface area contributed by atoms with E-state index in [-0.39, 0.29) is 6.04 Å². The molecule has 0 amide bonds. The zero-order valence-electron chi connectivity index (χ0n) is 16.5. The van der Waals surface area contributed by atoms with Crippen LogP contribution >= 0.6 is 72.3 Å². The molecule has 0 spiro atoms. The van der Waals surface area contributed by atoms with Crippen molar-refractivity contribution in [2.45, 2.75) is 37.9 Å². The average Bonchev–Trinajstić information content (AvgIpc) is 2.79. The molecule has 2 heterocycles. The first kappa shape index (κ1) is 23.5. The maximum Gasteiger partial charge on any atom is 0.1000 e. The quantitative estimate of drug-likeness (QED) is 0.225. The number of ether oxygens (including phenoxy) is 1. The number of benzene rings is 2. The summed E-state index contributed by atoms with van der Waals surface area (Å²) in [5, 5.41) is 0.847. The van der Waals surface area contributed by atoms with Crippen LogP contribution < -0.4 is 0 Å². The predicted molar refractivity (Wildman–Crippen MR) is 147 cm³/mol. The number of hydrogen-bond donors (Lipinski definition) is 0. The monoisotopic (exact) mass is 684 g/mol. The summed E-state index contributed by atoms with van der Waals surface area (Å²) >= 11 is 11.5. The Morgan fingerprint density at radius 3 is 2.40 bits per heavy atom. The molecule has 0 saturated carbocycles. The van der Waals surface area contributed by atoms with E-state index in [0.717, 1.165) is 24.4 Å². The zero-order valence-corrected chi connectivity index (χ0v) is 23.2. The Labute approximate surface area is 216 Å². The van der Waals surface area contributed by atoms with Crippen molar-refractivity contribution >= 4 is 72.3 Å². The molecular formula is C22H23ClI2N2OS2. The molecule has 2 aromatic carbocycles. The van der Waals surface area contributed by atoms with E-state index in [1.165, 1.54) is 22.5 Å². The number of fused-ring (bicyclic) bond motifs is 1. The van der Waals surface area contributed by atoms with Crippen LogP contribution in [0.4, 0.5) is 0 Å². The molecule has 2 aromatic rings. The molecule has 1 unspecified atom stereocenters. The van der Waals surface area contributed by atoms with Crippen molar-refractivity contribution < 1.29 is 4.74 Å². The van der Waals surface area contributed by atoms with E-state index in [0.29, 0.717) is 18.7 Å². The molecule has 0 bridgehead atoms. The van der Waals surface area contributed by atoms with E-state index in [1.807, 2.05) is 21.3 Å². The topological polar surface area (TPSA) is 15.7 Å². The molecule has 1 fully saturated rings. The van der Waals surface area contributed by atoms with Gasteiger partial charge in [-0.25, -0.2) is 8.61 Å². The van der Waals surface area contributed by atoms with Crippen LogP contribution in [0.15, 0.2) is 65.9 Å². The summed E-state index contributed by atoms with van der Waals surface area (Å²) in [7, 11) is 3.59. The minimum absolute atomic E-state index is 0.262. The lowest BCUT2D eigenvalue weighted by Crippen LogP contribution is -2.47. The van der Waals surface area contributed by atoms with Crippen LogP contribution in [0.25, 0.3) is 0 Å². The molecule has 1 saturated heterocycles. The predicted octanol–water partition coefficient (Wildman–Crippen LogP) is 8.19. The molecule has 3 atom stereocenters. The third kappa shape index (κ3) is 4.82. The molecule has 0 N–H and O–H groups in total. The van der Waals surface area contributed by atoms with Crippen molar-refractivity contribution in [3.05, 3.63) is 82.1 Å². The van der Waals surface area contributed by atoms with Gasteiger partial charge in [-0.1, -0.05) is 60.1 Å². The lowest BCUT2D eigenvalue weighted by atomic mass is 9.84. The third-order valence-electron chi connectivity index (χ3n) is 5.81. The van der Waals surface area contributed by atoms with E-state index in [9.17, 15) is 0 Å². The molecule has 3 nitrogen and oxygen atoms in total. The largest absolute Gasteiger partial charge is 0.498 e. The van der Waals surface area contributed by atoms with Gasteiger partial charge < -0.3 is 4.74 Å². The first-order chi connectivity index (χ1) is 14.7. The first-order valence-corrected chi connectivity index (χ1v) is 16.9. The van der Waals surface area contributed by atoms with E-state index in [1.54, 1.807) is 9.12 Å². The molecule has 4 rings (SSSR count). The molecular weight excluding hydrogens is 662 g/mol. The van der Waals surface area contributed by atoms with Gasteiger partial charge in [0.15, 0.2) is 0 Å². The van der Waals surface area contributed by atoms with Crippen molar-refractivity contribution in [1.82, 2.24) is 8.61 Å². The number of nitrogens with zero attached hydrogens (tertiary/aromatic N) is 2. The molecule has 2 aliphatic rings. The van der Waals surface area contributed by atoms with Crippen LogP contribution in [-0.2, 0) is 4.74 Å². The lowest BCUT2D eigenvalue weighted by Gasteiger charge is -2.48. The Morgan fingerprint density at radius 1 is 1.00 bits per heavy atom. The molecule has 0 aromatic heterocycles. The Hall–Kier alpha value is 0.350. The summed E-state index contributed by atoms with van der Waals surface area (Å²) in [4.78, 5) is 0. The maximum absolute atomic E-state index is 6.63. The second kappa shape index (κ2) is 11.0. The van der Waals surface area contributed by atoms with Crippen LogP contribution in [-0.4, -0.2) is 27.8 Å². The fourth-order valence-electron chi connectivity index (χ4n) is 4.46. The third-order valence-corrected chi connectivity index (χ3v) is 10.3. The number of rotatable bonds is 6. The highest BCUT2D eigenvalue weighted by molar-refractivity contribution is 14.2. The Balaban J connectivity index is 1.76. The van der Waals surface area contributed by atoms with E-state index in [4.69, 9.17) is 16.3 Å². The second-order valence-corrected chi connectivity index (χ2v) is 11.3. The van der Waals surface area contributed by atoms with Gasteiger partial charge in [-0.15, -0.1) is 0 Å². The van der Waals surface area contributed by atoms with Gasteiger partial charge in [0.25, 0.3) is 0 Å². The van der Waals surface area contributed by atoms with Gasteiger partial charge in [0, 0.05) is 78.1 Å². The summed E-state index contributed by atoms with van der Waals surface area (Å²) in [6.07, 6.45) is 1.90. The molecule has 2 aliphatic heterocycles. The number of halogens is 3. The highest BCUT2D eigenvalue weighted by Gasteiger charge is 2.44. The van der Waals surface area contributed by atoms with E-state index in [2.05, 4.69) is 100 Å². The molecule has 160 valence electrons. The van der Waals surface area contributed by atoms with Gasteiger partial charge in [-0.2, -0.15) is 0 Å². The van der Waals surface area contributed by atoms with Gasteiger partial charge in [-0.3, -0.25) is 0 Å². The average molecular weight is 685 g/mol. The van der Waals surface area contributed by atoms with Gasteiger partial charge >= 0.3 is 0 Å². The molecule has 0 aliphatic carbocycles. The van der Waals surface area contributed by atoms with Gasteiger partial charge in [0.1, 0.15) is 0 Å². The summed E-state index contributed by atoms with van der Waals surface area (Å²) in [5.41, 5.74) is 3.97. The Kier molecular flexibility index (Phi) is 8.60.